The molecular weight excluding hydrogens is 304 g/mol. The summed E-state index contributed by atoms with van der Waals surface area (Å²) < 4.78 is 5.16. The quantitative estimate of drug-likeness (QED) is 0.579. The summed E-state index contributed by atoms with van der Waals surface area (Å²) in [6.07, 6.45) is 0. The zero-order valence-electron chi connectivity index (χ0n) is 13.3. The summed E-state index contributed by atoms with van der Waals surface area (Å²) >= 11 is 0. The van der Waals surface area contributed by atoms with E-state index in [1.54, 1.807) is 6.92 Å². The molecule has 0 aliphatic rings. The van der Waals surface area contributed by atoms with Crippen LogP contribution in [0, 0.1) is 16.0 Å². The van der Waals surface area contributed by atoms with Gasteiger partial charge in [0, 0.05) is 18.2 Å². The first kappa shape index (κ1) is 18.4. The van der Waals surface area contributed by atoms with Crippen LogP contribution in [-0.4, -0.2) is 46.5 Å². The van der Waals surface area contributed by atoms with Gasteiger partial charge in [-0.15, -0.1) is 0 Å². The molecule has 0 fully saturated rings. The Balaban J connectivity index is 3.15. The molecule has 23 heavy (non-hydrogen) atoms. The van der Waals surface area contributed by atoms with Gasteiger partial charge in [0.1, 0.15) is 6.54 Å². The van der Waals surface area contributed by atoms with Gasteiger partial charge in [-0.2, -0.15) is 0 Å². The lowest BCUT2D eigenvalue weighted by atomic mass is 10.1. The third kappa shape index (κ3) is 5.24. The number of carboxylic acids is 1. The molecule has 8 heteroatoms. The number of carboxylic acid groups (broad SMARTS) is 1. The van der Waals surface area contributed by atoms with Crippen LogP contribution >= 0.6 is 0 Å². The number of carbonyl (C=O) groups is 2. The van der Waals surface area contributed by atoms with E-state index in [-0.39, 0.29) is 36.1 Å². The summed E-state index contributed by atoms with van der Waals surface area (Å²) in [5, 5.41) is 20.0. The van der Waals surface area contributed by atoms with Gasteiger partial charge in [-0.25, -0.2) is 0 Å². The third-order valence-corrected chi connectivity index (χ3v) is 2.90. The van der Waals surface area contributed by atoms with E-state index in [9.17, 15) is 19.7 Å². The van der Waals surface area contributed by atoms with Crippen LogP contribution in [0.1, 0.15) is 31.1 Å². The van der Waals surface area contributed by atoms with Crippen LogP contribution in [0.15, 0.2) is 18.2 Å². The molecule has 0 atom stereocenters. The largest absolute Gasteiger partial charge is 0.487 e. The number of nitrogens with zero attached hydrogens (tertiary/aromatic N) is 2. The first-order chi connectivity index (χ1) is 10.8. The average molecular weight is 324 g/mol. The number of aliphatic carboxylic acids is 1. The van der Waals surface area contributed by atoms with Crippen molar-refractivity contribution < 1.29 is 24.4 Å². The summed E-state index contributed by atoms with van der Waals surface area (Å²) in [6.45, 7) is 5.43. The summed E-state index contributed by atoms with van der Waals surface area (Å²) in [7, 11) is 0. The van der Waals surface area contributed by atoms with Crippen molar-refractivity contribution in [3.8, 4) is 5.75 Å². The van der Waals surface area contributed by atoms with Gasteiger partial charge in [0.25, 0.3) is 5.91 Å². The minimum atomic E-state index is -1.14. The fraction of sp³-hybridized carbons (Fsp3) is 0.467. The van der Waals surface area contributed by atoms with Crippen molar-refractivity contribution in [1.82, 2.24) is 4.90 Å². The molecule has 126 valence electrons. The van der Waals surface area contributed by atoms with E-state index in [0.717, 1.165) is 11.0 Å². The van der Waals surface area contributed by atoms with Crippen LogP contribution in [0.3, 0.4) is 0 Å². The molecule has 0 unspecified atom stereocenters. The second-order valence-corrected chi connectivity index (χ2v) is 5.35. The van der Waals surface area contributed by atoms with Crippen molar-refractivity contribution in [1.29, 1.82) is 0 Å². The fourth-order valence-corrected chi connectivity index (χ4v) is 2.08. The lowest BCUT2D eigenvalue weighted by molar-refractivity contribution is -0.385. The van der Waals surface area contributed by atoms with E-state index in [1.165, 1.54) is 12.1 Å². The monoisotopic (exact) mass is 324 g/mol. The second kappa shape index (κ2) is 8.11. The van der Waals surface area contributed by atoms with E-state index >= 15 is 0 Å². The first-order valence-electron chi connectivity index (χ1n) is 7.18. The van der Waals surface area contributed by atoms with Crippen LogP contribution < -0.4 is 4.74 Å². The maximum Gasteiger partial charge on any atom is 0.323 e. The molecule has 0 aliphatic heterocycles. The lowest BCUT2D eigenvalue weighted by Gasteiger charge is -2.22. The van der Waals surface area contributed by atoms with Gasteiger partial charge in [-0.1, -0.05) is 13.8 Å². The molecule has 1 N–H and O–H groups in total. The Morgan fingerprint density at radius 3 is 2.52 bits per heavy atom. The topological polar surface area (TPSA) is 110 Å². The van der Waals surface area contributed by atoms with Crippen molar-refractivity contribution in [3.63, 3.8) is 0 Å². The summed E-state index contributed by atoms with van der Waals surface area (Å²) in [5.41, 5.74) is -0.264. The number of nitro benzene ring substituents is 1. The number of hydrogen-bond acceptors (Lipinski definition) is 5. The summed E-state index contributed by atoms with van der Waals surface area (Å²) in [5.74, 6) is -1.56. The number of hydrogen-bond donors (Lipinski definition) is 1. The van der Waals surface area contributed by atoms with Crippen LogP contribution in [0.5, 0.6) is 5.75 Å². The Morgan fingerprint density at radius 2 is 2.04 bits per heavy atom. The Bertz CT molecular complexity index is 600. The molecule has 1 aromatic rings. The Kier molecular flexibility index (Phi) is 6.49. The smallest absolute Gasteiger partial charge is 0.323 e. The SMILES string of the molecule is CCOc1ccc(C(=O)N(CC(=O)O)CC(C)C)cc1[N+](=O)[O-]. The molecule has 8 nitrogen and oxygen atoms in total. The van der Waals surface area contributed by atoms with Gasteiger partial charge in [0.05, 0.1) is 11.5 Å². The highest BCUT2D eigenvalue weighted by Gasteiger charge is 2.23. The molecule has 0 saturated carbocycles. The average Bonchev–Trinajstić information content (AvgIpc) is 2.45. The van der Waals surface area contributed by atoms with Crippen molar-refractivity contribution in [2.75, 3.05) is 19.7 Å². The zero-order chi connectivity index (χ0) is 17.6. The van der Waals surface area contributed by atoms with Gasteiger partial charge in [0.15, 0.2) is 5.75 Å². The highest BCUT2D eigenvalue weighted by molar-refractivity contribution is 5.96. The van der Waals surface area contributed by atoms with Crippen LogP contribution in [-0.2, 0) is 4.79 Å². The number of benzene rings is 1. The molecule has 1 aromatic carbocycles. The molecule has 1 amide bonds. The van der Waals surface area contributed by atoms with Crippen molar-refractivity contribution in [3.05, 3.63) is 33.9 Å². The Morgan fingerprint density at radius 1 is 1.39 bits per heavy atom. The number of nitro groups is 1. The molecule has 1 rings (SSSR count). The number of carbonyl (C=O) groups excluding carboxylic acids is 1. The lowest BCUT2D eigenvalue weighted by Crippen LogP contribution is -2.38. The summed E-state index contributed by atoms with van der Waals surface area (Å²) in [4.78, 5) is 35.0. The molecule has 0 bridgehead atoms. The standard InChI is InChI=1S/C15H20N2O6/c1-4-23-13-6-5-11(7-12(13)17(21)22)15(20)16(8-10(2)3)9-14(18)19/h5-7,10H,4,8-9H2,1-3H3,(H,18,19). The third-order valence-electron chi connectivity index (χ3n) is 2.90. The first-order valence-corrected chi connectivity index (χ1v) is 7.18. The maximum absolute atomic E-state index is 12.5. The van der Waals surface area contributed by atoms with E-state index in [4.69, 9.17) is 9.84 Å². The molecule has 0 aromatic heterocycles. The van der Waals surface area contributed by atoms with Gasteiger partial charge < -0.3 is 14.7 Å². The minimum Gasteiger partial charge on any atom is -0.487 e. The molecular formula is C15H20N2O6. The molecule has 0 heterocycles. The normalized spacial score (nSPS) is 10.4. The van der Waals surface area contributed by atoms with Crippen LogP contribution in [0.4, 0.5) is 5.69 Å². The molecule has 0 spiro atoms. The Labute approximate surface area is 133 Å². The number of rotatable bonds is 8. The van der Waals surface area contributed by atoms with Crippen LogP contribution in [0.2, 0.25) is 0 Å². The Hall–Kier alpha value is -2.64. The number of amides is 1. The molecule has 0 radical (unpaired) electrons. The van der Waals surface area contributed by atoms with Crippen LogP contribution in [0.25, 0.3) is 0 Å². The van der Waals surface area contributed by atoms with Crippen molar-refractivity contribution in [2.45, 2.75) is 20.8 Å². The van der Waals surface area contributed by atoms with E-state index in [1.807, 2.05) is 13.8 Å². The minimum absolute atomic E-state index is 0.0575. The maximum atomic E-state index is 12.5. The van der Waals surface area contributed by atoms with Gasteiger partial charge >= 0.3 is 11.7 Å². The highest BCUT2D eigenvalue weighted by Crippen LogP contribution is 2.28. The second-order valence-electron chi connectivity index (χ2n) is 5.35. The molecule has 0 saturated heterocycles. The van der Waals surface area contributed by atoms with Gasteiger partial charge in [0.2, 0.25) is 0 Å². The fourth-order valence-electron chi connectivity index (χ4n) is 2.08. The van der Waals surface area contributed by atoms with E-state index in [2.05, 4.69) is 0 Å². The predicted molar refractivity (Wildman–Crippen MR) is 82.6 cm³/mol. The van der Waals surface area contributed by atoms with E-state index in [0.29, 0.717) is 0 Å². The predicted octanol–water partition coefficient (Wildman–Crippen LogP) is 2.18. The summed E-state index contributed by atoms with van der Waals surface area (Å²) in [6, 6.07) is 3.86. The van der Waals surface area contributed by atoms with Crippen molar-refractivity contribution >= 4 is 17.6 Å². The van der Waals surface area contributed by atoms with Gasteiger partial charge in [-0.05, 0) is 25.0 Å². The zero-order valence-corrected chi connectivity index (χ0v) is 13.3. The van der Waals surface area contributed by atoms with Gasteiger partial charge in [-0.3, -0.25) is 19.7 Å². The number of ether oxygens (including phenoxy) is 1. The molecule has 0 aliphatic carbocycles. The van der Waals surface area contributed by atoms with E-state index < -0.39 is 23.3 Å². The van der Waals surface area contributed by atoms with Crippen molar-refractivity contribution in [2.24, 2.45) is 5.92 Å². The highest BCUT2D eigenvalue weighted by atomic mass is 16.6.